The summed E-state index contributed by atoms with van der Waals surface area (Å²) >= 11 is 1.51. The third-order valence-electron chi connectivity index (χ3n) is 2.27. The molecule has 1 amide bonds. The van der Waals surface area contributed by atoms with Crippen LogP contribution in [-0.4, -0.2) is 46.2 Å². The van der Waals surface area contributed by atoms with E-state index in [2.05, 4.69) is 0 Å². The molecule has 2 aliphatic heterocycles. The van der Waals surface area contributed by atoms with Gasteiger partial charge in [-0.25, -0.2) is 4.79 Å². The number of carbonyl (C=O) groups excluding carboxylic acids is 1. The number of carbonyl (C=O) groups is 2. The van der Waals surface area contributed by atoms with Crippen molar-refractivity contribution in [3.8, 4) is 0 Å². The minimum Gasteiger partial charge on any atom is -0.477 e. The standard InChI is InChI=1S/C8H9NO4S/c1-13-5-6(10)9-4(8(11)12)2-3-14-7(5)9/h2,5,7H,3H2,1H3,(H,11,12)/t5-,7-/m0/s1. The molecule has 2 aliphatic rings. The molecule has 2 atom stereocenters. The topological polar surface area (TPSA) is 66.8 Å². The van der Waals surface area contributed by atoms with E-state index < -0.39 is 12.1 Å². The van der Waals surface area contributed by atoms with Crippen molar-refractivity contribution in [2.75, 3.05) is 12.9 Å². The zero-order valence-corrected chi connectivity index (χ0v) is 8.28. The number of hydrogen-bond donors (Lipinski definition) is 1. The fourth-order valence-electron chi connectivity index (χ4n) is 1.59. The summed E-state index contributed by atoms with van der Waals surface area (Å²) in [5.41, 5.74) is 0.0760. The van der Waals surface area contributed by atoms with E-state index in [0.29, 0.717) is 5.75 Å². The van der Waals surface area contributed by atoms with Crippen molar-refractivity contribution in [1.29, 1.82) is 0 Å². The van der Waals surface area contributed by atoms with E-state index in [1.54, 1.807) is 6.08 Å². The molecule has 2 heterocycles. The van der Waals surface area contributed by atoms with Gasteiger partial charge in [0.1, 0.15) is 11.1 Å². The van der Waals surface area contributed by atoms with E-state index in [1.807, 2.05) is 0 Å². The van der Waals surface area contributed by atoms with E-state index in [9.17, 15) is 9.59 Å². The van der Waals surface area contributed by atoms with Gasteiger partial charge in [0.15, 0.2) is 6.10 Å². The van der Waals surface area contributed by atoms with E-state index in [-0.39, 0.29) is 17.0 Å². The highest BCUT2D eigenvalue weighted by atomic mass is 32.2. The third kappa shape index (κ3) is 1.14. The summed E-state index contributed by atoms with van der Waals surface area (Å²) in [5, 5.41) is 8.66. The molecule has 0 aromatic rings. The van der Waals surface area contributed by atoms with Crippen LogP contribution in [0.15, 0.2) is 11.8 Å². The summed E-state index contributed by atoms with van der Waals surface area (Å²) in [6, 6.07) is 0. The average Bonchev–Trinajstić information content (AvgIpc) is 2.16. The van der Waals surface area contributed by atoms with Gasteiger partial charge in [0.2, 0.25) is 0 Å². The summed E-state index contributed by atoms with van der Waals surface area (Å²) in [5.74, 6) is -0.716. The summed E-state index contributed by atoms with van der Waals surface area (Å²) in [7, 11) is 1.46. The number of β-lactam (4-membered cyclic amide) rings is 1. The highest BCUT2D eigenvalue weighted by molar-refractivity contribution is 8.00. The van der Waals surface area contributed by atoms with Gasteiger partial charge in [-0.3, -0.25) is 9.69 Å². The lowest BCUT2D eigenvalue weighted by Gasteiger charge is -2.47. The van der Waals surface area contributed by atoms with E-state index in [4.69, 9.17) is 9.84 Å². The largest absolute Gasteiger partial charge is 0.477 e. The Morgan fingerprint density at radius 2 is 2.50 bits per heavy atom. The normalized spacial score (nSPS) is 30.5. The molecular weight excluding hydrogens is 206 g/mol. The van der Waals surface area contributed by atoms with Crippen molar-refractivity contribution < 1.29 is 19.4 Å². The first kappa shape index (κ1) is 9.54. The van der Waals surface area contributed by atoms with Crippen LogP contribution in [0.4, 0.5) is 0 Å². The monoisotopic (exact) mass is 215 g/mol. The SMILES string of the molecule is CO[C@H]1C(=O)N2C(C(=O)O)=CCS[C@@H]12. The minimum absolute atomic E-state index is 0.0760. The average molecular weight is 215 g/mol. The fourth-order valence-corrected chi connectivity index (χ4v) is 2.81. The zero-order chi connectivity index (χ0) is 10.3. The predicted molar refractivity (Wildman–Crippen MR) is 49.6 cm³/mol. The van der Waals surface area contributed by atoms with Gasteiger partial charge in [0, 0.05) is 12.9 Å². The van der Waals surface area contributed by atoms with Crippen LogP contribution in [0.3, 0.4) is 0 Å². The van der Waals surface area contributed by atoms with Crippen molar-refractivity contribution in [3.05, 3.63) is 11.8 Å². The van der Waals surface area contributed by atoms with Crippen molar-refractivity contribution in [2.24, 2.45) is 0 Å². The quantitative estimate of drug-likeness (QED) is 0.651. The number of fused-ring (bicyclic) bond motifs is 1. The molecule has 0 aromatic carbocycles. The Labute approximate surface area is 84.7 Å². The van der Waals surface area contributed by atoms with Crippen molar-refractivity contribution >= 4 is 23.6 Å². The number of rotatable bonds is 2. The van der Waals surface area contributed by atoms with Gasteiger partial charge in [-0.2, -0.15) is 0 Å². The third-order valence-corrected chi connectivity index (χ3v) is 3.43. The molecule has 0 bridgehead atoms. The van der Waals surface area contributed by atoms with Crippen LogP contribution < -0.4 is 0 Å². The molecule has 0 aliphatic carbocycles. The van der Waals surface area contributed by atoms with Crippen molar-refractivity contribution in [2.45, 2.75) is 11.5 Å². The minimum atomic E-state index is -1.06. The number of carboxylic acids is 1. The van der Waals surface area contributed by atoms with Crippen LogP contribution in [0.25, 0.3) is 0 Å². The molecular formula is C8H9NO4S. The van der Waals surface area contributed by atoms with E-state index in [1.165, 1.54) is 23.8 Å². The molecule has 2 rings (SSSR count). The maximum atomic E-state index is 11.4. The van der Waals surface area contributed by atoms with Gasteiger partial charge in [-0.1, -0.05) is 0 Å². The predicted octanol–water partition coefficient (Wildman–Crippen LogP) is -0.115. The second kappa shape index (κ2) is 3.29. The van der Waals surface area contributed by atoms with Gasteiger partial charge in [0.25, 0.3) is 5.91 Å². The summed E-state index contributed by atoms with van der Waals surface area (Å²) < 4.78 is 4.96. The Balaban J connectivity index is 2.23. The Bertz CT molecular complexity index is 327. The number of thioether (sulfide) groups is 1. The van der Waals surface area contributed by atoms with Crippen LogP contribution >= 0.6 is 11.8 Å². The smallest absolute Gasteiger partial charge is 0.352 e. The van der Waals surface area contributed by atoms with Gasteiger partial charge >= 0.3 is 5.97 Å². The van der Waals surface area contributed by atoms with Gasteiger partial charge in [0.05, 0.1) is 0 Å². The van der Waals surface area contributed by atoms with E-state index >= 15 is 0 Å². The van der Waals surface area contributed by atoms with Crippen LogP contribution in [0.1, 0.15) is 0 Å². The van der Waals surface area contributed by atoms with Gasteiger partial charge < -0.3 is 9.84 Å². The molecule has 76 valence electrons. The Kier molecular flexibility index (Phi) is 2.24. The highest BCUT2D eigenvalue weighted by Gasteiger charge is 2.52. The van der Waals surface area contributed by atoms with Crippen LogP contribution in [0.5, 0.6) is 0 Å². The highest BCUT2D eigenvalue weighted by Crippen LogP contribution is 2.38. The first-order valence-corrected chi connectivity index (χ1v) is 5.12. The second-order valence-corrected chi connectivity index (χ2v) is 4.13. The van der Waals surface area contributed by atoms with E-state index in [0.717, 1.165) is 0 Å². The first-order chi connectivity index (χ1) is 6.66. The molecule has 0 radical (unpaired) electrons. The van der Waals surface area contributed by atoms with Crippen molar-refractivity contribution in [3.63, 3.8) is 0 Å². The maximum Gasteiger partial charge on any atom is 0.352 e. The Hall–Kier alpha value is -1.01. The van der Waals surface area contributed by atoms with Gasteiger partial charge in [-0.15, -0.1) is 11.8 Å². The number of nitrogens with zero attached hydrogens (tertiary/aromatic N) is 1. The van der Waals surface area contributed by atoms with Crippen LogP contribution in [0, 0.1) is 0 Å². The molecule has 0 saturated carbocycles. The number of amides is 1. The zero-order valence-electron chi connectivity index (χ0n) is 7.47. The molecule has 0 unspecified atom stereocenters. The molecule has 14 heavy (non-hydrogen) atoms. The number of ether oxygens (including phenoxy) is 1. The Morgan fingerprint density at radius 3 is 3.07 bits per heavy atom. The lowest BCUT2D eigenvalue weighted by molar-refractivity contribution is -0.161. The molecule has 1 N–H and O–H groups in total. The number of carboxylic acid groups (broad SMARTS) is 1. The maximum absolute atomic E-state index is 11.4. The summed E-state index contributed by atoms with van der Waals surface area (Å²) in [4.78, 5) is 23.5. The number of aliphatic carboxylic acids is 1. The Morgan fingerprint density at radius 1 is 1.79 bits per heavy atom. The summed E-state index contributed by atoms with van der Waals surface area (Å²) in [6.07, 6.45) is 1.07. The molecule has 6 heteroatoms. The van der Waals surface area contributed by atoms with Crippen LogP contribution in [0.2, 0.25) is 0 Å². The molecule has 5 nitrogen and oxygen atoms in total. The second-order valence-electron chi connectivity index (χ2n) is 2.98. The van der Waals surface area contributed by atoms with Crippen molar-refractivity contribution in [1.82, 2.24) is 4.90 Å². The molecule has 0 spiro atoms. The summed E-state index contributed by atoms with van der Waals surface area (Å²) in [6.45, 7) is 0. The number of methoxy groups -OCH3 is 1. The van der Waals surface area contributed by atoms with Gasteiger partial charge in [-0.05, 0) is 6.08 Å². The van der Waals surface area contributed by atoms with Crippen LogP contribution in [-0.2, 0) is 14.3 Å². The molecule has 0 aromatic heterocycles. The molecule has 1 fully saturated rings. The first-order valence-electron chi connectivity index (χ1n) is 4.07. The fraction of sp³-hybridized carbons (Fsp3) is 0.500. The molecule has 1 saturated heterocycles. The lowest BCUT2D eigenvalue weighted by Crippen LogP contribution is -2.65. The number of hydrogen-bond acceptors (Lipinski definition) is 4. The lowest BCUT2D eigenvalue weighted by atomic mass is 10.1.